The van der Waals surface area contributed by atoms with Crippen molar-refractivity contribution in [2.75, 3.05) is 64.9 Å². The molecule has 3 N–H and O–H groups in total. The number of nitrogens with zero attached hydrogens (tertiary/aromatic N) is 4. The molecule has 11 heteroatoms. The lowest BCUT2D eigenvalue weighted by molar-refractivity contribution is 0.0423. The summed E-state index contributed by atoms with van der Waals surface area (Å²) in [5, 5.41) is 23.5. The maximum atomic E-state index is 14.3. The van der Waals surface area contributed by atoms with Crippen molar-refractivity contribution >= 4 is 34.0 Å². The van der Waals surface area contributed by atoms with E-state index < -0.39 is 11.9 Å². The van der Waals surface area contributed by atoms with Crippen LogP contribution in [0.2, 0.25) is 5.02 Å². The van der Waals surface area contributed by atoms with Gasteiger partial charge in [-0.1, -0.05) is 11.6 Å². The molecule has 0 amide bonds. The summed E-state index contributed by atoms with van der Waals surface area (Å²) in [6.45, 7) is 4.80. The number of piperazine rings is 1. The number of anilines is 2. The number of benzene rings is 2. The number of hydrogen-bond donors (Lipinski definition) is 3. The number of aromatic nitrogens is 2. The number of ether oxygens (including phenoxy) is 2. The van der Waals surface area contributed by atoms with Crippen molar-refractivity contribution < 1.29 is 24.1 Å². The second-order valence-corrected chi connectivity index (χ2v) is 8.76. The third-order valence-electron chi connectivity index (χ3n) is 5.89. The smallest absolute Gasteiger partial charge is 0.163 e. The zero-order valence-corrected chi connectivity index (χ0v) is 20.2. The van der Waals surface area contributed by atoms with E-state index in [9.17, 15) is 9.50 Å². The van der Waals surface area contributed by atoms with Gasteiger partial charge < -0.3 is 25.0 Å². The highest BCUT2D eigenvalue weighted by Crippen LogP contribution is 2.35. The Morgan fingerprint density at radius 2 is 1.89 bits per heavy atom. The summed E-state index contributed by atoms with van der Waals surface area (Å²) in [4.78, 5) is 12.9. The molecule has 2 heterocycles. The highest BCUT2D eigenvalue weighted by Gasteiger charge is 2.20. The molecular weight excluding hydrogens is 477 g/mol. The number of rotatable bonds is 10. The molecule has 2 aromatic carbocycles. The van der Waals surface area contributed by atoms with Gasteiger partial charge in [-0.2, -0.15) is 0 Å². The predicted octanol–water partition coefficient (Wildman–Crippen LogP) is 2.52. The molecule has 4 rings (SSSR count). The molecule has 0 aliphatic carbocycles. The summed E-state index contributed by atoms with van der Waals surface area (Å²) < 4.78 is 25.7. The van der Waals surface area contributed by atoms with Crippen molar-refractivity contribution in [2.24, 2.45) is 0 Å². The Morgan fingerprint density at radius 1 is 1.11 bits per heavy atom. The first-order valence-electron chi connectivity index (χ1n) is 11.4. The molecule has 1 atom stereocenters. The van der Waals surface area contributed by atoms with Gasteiger partial charge in [-0.15, -0.1) is 0 Å². The Bertz CT molecular complexity index is 1150. The van der Waals surface area contributed by atoms with Crippen molar-refractivity contribution in [1.29, 1.82) is 0 Å². The van der Waals surface area contributed by atoms with Crippen LogP contribution in [0.25, 0.3) is 10.9 Å². The Morgan fingerprint density at radius 3 is 2.60 bits per heavy atom. The van der Waals surface area contributed by atoms with Gasteiger partial charge in [-0.3, -0.25) is 9.80 Å². The first-order chi connectivity index (χ1) is 17.0. The van der Waals surface area contributed by atoms with E-state index in [2.05, 4.69) is 25.1 Å². The van der Waals surface area contributed by atoms with Gasteiger partial charge in [0.2, 0.25) is 0 Å². The maximum Gasteiger partial charge on any atom is 0.163 e. The molecular formula is C24H29ClFN5O4. The number of hydrogen-bond acceptors (Lipinski definition) is 9. The van der Waals surface area contributed by atoms with Gasteiger partial charge in [0.15, 0.2) is 11.5 Å². The monoisotopic (exact) mass is 505 g/mol. The minimum atomic E-state index is -0.685. The number of halogens is 2. The first kappa shape index (κ1) is 25.3. The molecule has 0 spiro atoms. The first-order valence-corrected chi connectivity index (χ1v) is 11.8. The van der Waals surface area contributed by atoms with Gasteiger partial charge in [-0.25, -0.2) is 14.4 Å². The fourth-order valence-corrected chi connectivity index (χ4v) is 4.19. The van der Waals surface area contributed by atoms with Crippen molar-refractivity contribution in [3.05, 3.63) is 47.5 Å². The van der Waals surface area contributed by atoms with Gasteiger partial charge in [-0.05, 0) is 24.3 Å². The number of aliphatic hydroxyl groups is 2. The summed E-state index contributed by atoms with van der Waals surface area (Å²) in [5.41, 5.74) is 0.802. The second kappa shape index (κ2) is 11.8. The van der Waals surface area contributed by atoms with E-state index in [1.807, 2.05) is 0 Å². The molecule has 0 radical (unpaired) electrons. The largest absolute Gasteiger partial charge is 0.493 e. The number of nitrogens with one attached hydrogen (secondary N) is 1. The fourth-order valence-electron chi connectivity index (χ4n) is 4.03. The molecule has 35 heavy (non-hydrogen) atoms. The molecule has 1 saturated heterocycles. The molecule has 9 nitrogen and oxygen atoms in total. The molecule has 188 valence electrons. The van der Waals surface area contributed by atoms with E-state index >= 15 is 0 Å². The van der Waals surface area contributed by atoms with Crippen LogP contribution in [0.5, 0.6) is 11.5 Å². The standard InChI is InChI=1S/C24H29ClFN5O4/c1-34-22-11-18-21(27-15-28-24(18)29-20-3-2-16(25)10-19(20)26)12-23(22)35-14-17(33)13-31-6-4-30(5-7-31)8-9-32/h2-3,10-12,15,17,32-33H,4-9,13-14H2,1H3,(H,27,28,29). The van der Waals surface area contributed by atoms with Gasteiger partial charge in [0.25, 0.3) is 0 Å². The van der Waals surface area contributed by atoms with Crippen LogP contribution in [0.1, 0.15) is 0 Å². The Kier molecular flexibility index (Phi) is 8.53. The van der Waals surface area contributed by atoms with Gasteiger partial charge in [0.1, 0.15) is 30.7 Å². The lowest BCUT2D eigenvalue weighted by atomic mass is 10.2. The summed E-state index contributed by atoms with van der Waals surface area (Å²) in [6, 6.07) is 7.77. The van der Waals surface area contributed by atoms with Crippen LogP contribution in [0, 0.1) is 5.82 Å². The van der Waals surface area contributed by atoms with Crippen molar-refractivity contribution in [2.45, 2.75) is 6.10 Å². The Labute approximate surface area is 208 Å². The van der Waals surface area contributed by atoms with Crippen LogP contribution in [-0.4, -0.2) is 95.7 Å². The average Bonchev–Trinajstić information content (AvgIpc) is 2.85. The minimum absolute atomic E-state index is 0.0882. The third-order valence-corrected chi connectivity index (χ3v) is 6.12. The summed E-state index contributed by atoms with van der Waals surface area (Å²) in [7, 11) is 1.52. The van der Waals surface area contributed by atoms with E-state index in [4.69, 9.17) is 26.2 Å². The molecule has 1 aliphatic rings. The van der Waals surface area contributed by atoms with E-state index in [1.165, 1.54) is 25.6 Å². The van der Waals surface area contributed by atoms with Crippen LogP contribution in [0.4, 0.5) is 15.9 Å². The average molecular weight is 506 g/mol. The van der Waals surface area contributed by atoms with Gasteiger partial charge in [0.05, 0.1) is 24.9 Å². The van der Waals surface area contributed by atoms with Gasteiger partial charge in [0, 0.05) is 55.7 Å². The van der Waals surface area contributed by atoms with E-state index in [0.717, 1.165) is 26.2 Å². The number of β-amino-alcohol motifs (C(OH)–C–C–N with tert-alkyl or cyclic N) is 2. The molecule has 0 bridgehead atoms. The van der Waals surface area contributed by atoms with E-state index in [0.29, 0.717) is 46.3 Å². The summed E-state index contributed by atoms with van der Waals surface area (Å²) in [6.07, 6.45) is 0.690. The van der Waals surface area contributed by atoms with Crippen molar-refractivity contribution in [3.8, 4) is 11.5 Å². The molecule has 1 aromatic heterocycles. The van der Waals surface area contributed by atoms with Crippen molar-refractivity contribution in [3.63, 3.8) is 0 Å². The molecule has 1 aliphatic heterocycles. The quantitative estimate of drug-likeness (QED) is 0.383. The summed E-state index contributed by atoms with van der Waals surface area (Å²) in [5.74, 6) is 0.785. The fraction of sp³-hybridized carbons (Fsp3) is 0.417. The highest BCUT2D eigenvalue weighted by molar-refractivity contribution is 6.30. The zero-order valence-electron chi connectivity index (χ0n) is 19.5. The van der Waals surface area contributed by atoms with E-state index in [1.54, 1.807) is 18.2 Å². The molecule has 1 fully saturated rings. The maximum absolute atomic E-state index is 14.3. The Balaban J connectivity index is 1.43. The molecule has 1 unspecified atom stereocenters. The Hall–Kier alpha value is -2.76. The van der Waals surface area contributed by atoms with Crippen molar-refractivity contribution in [1.82, 2.24) is 19.8 Å². The van der Waals surface area contributed by atoms with E-state index in [-0.39, 0.29) is 18.9 Å². The zero-order chi connectivity index (χ0) is 24.8. The molecule has 0 saturated carbocycles. The van der Waals surface area contributed by atoms with Gasteiger partial charge >= 0.3 is 0 Å². The van der Waals surface area contributed by atoms with Crippen LogP contribution >= 0.6 is 11.6 Å². The number of aliphatic hydroxyl groups excluding tert-OH is 2. The predicted molar refractivity (Wildman–Crippen MR) is 132 cm³/mol. The van der Waals surface area contributed by atoms with Crippen LogP contribution < -0.4 is 14.8 Å². The second-order valence-electron chi connectivity index (χ2n) is 8.32. The normalized spacial score (nSPS) is 15.8. The SMILES string of the molecule is COc1cc2c(Nc3ccc(Cl)cc3F)ncnc2cc1OCC(O)CN1CCN(CCO)CC1. The highest BCUT2D eigenvalue weighted by atomic mass is 35.5. The van der Waals surface area contributed by atoms with Crippen LogP contribution in [0.15, 0.2) is 36.7 Å². The van der Waals surface area contributed by atoms with Crippen LogP contribution in [-0.2, 0) is 0 Å². The summed E-state index contributed by atoms with van der Waals surface area (Å²) >= 11 is 5.84. The number of fused-ring (bicyclic) bond motifs is 1. The lowest BCUT2D eigenvalue weighted by Gasteiger charge is -2.35. The lowest BCUT2D eigenvalue weighted by Crippen LogP contribution is -2.49. The van der Waals surface area contributed by atoms with Crippen LogP contribution in [0.3, 0.4) is 0 Å². The topological polar surface area (TPSA) is 103 Å². The number of methoxy groups -OCH3 is 1. The molecule has 3 aromatic rings. The third kappa shape index (κ3) is 6.47. The minimum Gasteiger partial charge on any atom is -0.493 e.